The van der Waals surface area contributed by atoms with Gasteiger partial charge in [0.15, 0.2) is 11.5 Å². The van der Waals surface area contributed by atoms with Crippen molar-refractivity contribution in [2.75, 3.05) is 25.6 Å². The van der Waals surface area contributed by atoms with Crippen LogP contribution in [0.1, 0.15) is 0 Å². The van der Waals surface area contributed by atoms with Gasteiger partial charge in [0.05, 0.1) is 24.9 Å². The summed E-state index contributed by atoms with van der Waals surface area (Å²) < 4.78 is 24.8. The highest BCUT2D eigenvalue weighted by Gasteiger charge is 2.13. The van der Waals surface area contributed by atoms with E-state index in [4.69, 9.17) is 26.2 Å². The maximum Gasteiger partial charge on any atom is 0.163 e. The van der Waals surface area contributed by atoms with Gasteiger partial charge in [-0.1, -0.05) is 11.6 Å². The first-order valence-corrected chi connectivity index (χ1v) is 7.78. The first-order valence-electron chi connectivity index (χ1n) is 7.41. The summed E-state index contributed by atoms with van der Waals surface area (Å²) in [6.45, 7) is 0.0155. The molecule has 130 valence electrons. The van der Waals surface area contributed by atoms with Gasteiger partial charge in [-0.3, -0.25) is 0 Å². The molecule has 0 fully saturated rings. The van der Waals surface area contributed by atoms with Gasteiger partial charge < -0.3 is 19.9 Å². The number of benzene rings is 2. The van der Waals surface area contributed by atoms with Gasteiger partial charge in [0.25, 0.3) is 0 Å². The number of ether oxygens (including phenoxy) is 2. The topological polar surface area (TPSA) is 76.5 Å². The molecule has 0 bridgehead atoms. The van der Waals surface area contributed by atoms with Crippen LogP contribution in [0.15, 0.2) is 36.7 Å². The summed E-state index contributed by atoms with van der Waals surface area (Å²) in [5.41, 5.74) is 0.824. The van der Waals surface area contributed by atoms with Crippen molar-refractivity contribution < 1.29 is 19.0 Å². The molecule has 0 atom stereocenters. The van der Waals surface area contributed by atoms with Crippen molar-refractivity contribution in [3.63, 3.8) is 0 Å². The van der Waals surface area contributed by atoms with Gasteiger partial charge >= 0.3 is 0 Å². The summed E-state index contributed by atoms with van der Waals surface area (Å²) >= 11 is 5.77. The van der Waals surface area contributed by atoms with Crippen LogP contribution in [-0.4, -0.2) is 35.4 Å². The number of aliphatic hydroxyl groups is 1. The zero-order valence-corrected chi connectivity index (χ0v) is 14.0. The number of hydrogen-bond donors (Lipinski definition) is 2. The quantitative estimate of drug-likeness (QED) is 0.697. The smallest absolute Gasteiger partial charge is 0.163 e. The SMILES string of the molecule is COc1cc2c(Nc3ccc(Cl)cc3F)ncnc2cc1OCCO. The molecular weight excluding hydrogens is 349 g/mol. The average Bonchev–Trinajstić information content (AvgIpc) is 2.61. The first-order chi connectivity index (χ1) is 12.1. The molecule has 2 N–H and O–H groups in total. The average molecular weight is 364 g/mol. The highest BCUT2D eigenvalue weighted by atomic mass is 35.5. The summed E-state index contributed by atoms with van der Waals surface area (Å²) in [6.07, 6.45) is 1.36. The van der Waals surface area contributed by atoms with Gasteiger partial charge in [-0.15, -0.1) is 0 Å². The standard InChI is InChI=1S/C17H15ClFN3O3/c1-24-15-7-11-14(8-16(15)25-5-4-23)20-9-21-17(11)22-13-3-2-10(18)6-12(13)19/h2-3,6-9,23H,4-5H2,1H3,(H,20,21,22). The minimum Gasteiger partial charge on any atom is -0.493 e. The summed E-state index contributed by atoms with van der Waals surface area (Å²) in [5, 5.41) is 12.8. The Kier molecular flexibility index (Phi) is 5.16. The third-order valence-electron chi connectivity index (χ3n) is 3.45. The van der Waals surface area contributed by atoms with Crippen molar-refractivity contribution in [2.24, 2.45) is 0 Å². The van der Waals surface area contributed by atoms with Crippen molar-refractivity contribution in [2.45, 2.75) is 0 Å². The largest absolute Gasteiger partial charge is 0.493 e. The molecule has 6 nitrogen and oxygen atoms in total. The molecule has 1 aromatic heterocycles. The van der Waals surface area contributed by atoms with Crippen LogP contribution in [0.3, 0.4) is 0 Å². The second-order valence-corrected chi connectivity index (χ2v) is 5.50. The lowest BCUT2D eigenvalue weighted by atomic mass is 10.2. The molecule has 0 unspecified atom stereocenters. The van der Waals surface area contributed by atoms with Crippen LogP contribution < -0.4 is 14.8 Å². The molecule has 25 heavy (non-hydrogen) atoms. The lowest BCUT2D eigenvalue weighted by molar-refractivity contribution is 0.196. The van der Waals surface area contributed by atoms with E-state index in [1.54, 1.807) is 18.2 Å². The van der Waals surface area contributed by atoms with Gasteiger partial charge in [-0.25, -0.2) is 14.4 Å². The number of aliphatic hydroxyl groups excluding tert-OH is 1. The number of fused-ring (bicyclic) bond motifs is 1. The molecule has 0 amide bonds. The van der Waals surface area contributed by atoms with E-state index in [2.05, 4.69) is 15.3 Å². The molecule has 1 heterocycles. The summed E-state index contributed by atoms with van der Waals surface area (Å²) in [7, 11) is 1.50. The maximum atomic E-state index is 14.0. The number of halogens is 2. The number of anilines is 2. The number of nitrogens with one attached hydrogen (secondary N) is 1. The fourth-order valence-electron chi connectivity index (χ4n) is 2.31. The van der Waals surface area contributed by atoms with Crippen LogP contribution in [0.5, 0.6) is 11.5 Å². The van der Waals surface area contributed by atoms with Gasteiger partial charge in [0, 0.05) is 16.5 Å². The monoisotopic (exact) mass is 363 g/mol. The maximum absolute atomic E-state index is 14.0. The highest BCUT2D eigenvalue weighted by Crippen LogP contribution is 2.35. The normalized spacial score (nSPS) is 10.7. The molecule has 0 aliphatic carbocycles. The van der Waals surface area contributed by atoms with Crippen LogP contribution in [0.25, 0.3) is 10.9 Å². The van der Waals surface area contributed by atoms with E-state index < -0.39 is 5.82 Å². The van der Waals surface area contributed by atoms with Crippen molar-refractivity contribution in [3.8, 4) is 11.5 Å². The van der Waals surface area contributed by atoms with Crippen LogP contribution in [0.4, 0.5) is 15.9 Å². The van der Waals surface area contributed by atoms with E-state index in [1.165, 1.54) is 25.6 Å². The number of hydrogen-bond acceptors (Lipinski definition) is 6. The van der Waals surface area contributed by atoms with Crippen molar-refractivity contribution in [3.05, 3.63) is 47.5 Å². The second-order valence-electron chi connectivity index (χ2n) is 5.06. The van der Waals surface area contributed by atoms with E-state index in [0.29, 0.717) is 33.2 Å². The molecule has 0 aliphatic rings. The molecule has 3 aromatic rings. The van der Waals surface area contributed by atoms with Crippen molar-refractivity contribution in [1.29, 1.82) is 0 Å². The zero-order valence-electron chi connectivity index (χ0n) is 13.3. The van der Waals surface area contributed by atoms with Gasteiger partial charge in [0.1, 0.15) is 24.6 Å². The number of rotatable bonds is 6. The Balaban J connectivity index is 2.03. The number of aromatic nitrogens is 2. The Morgan fingerprint density at radius 1 is 1.20 bits per heavy atom. The molecule has 8 heteroatoms. The Hall–Kier alpha value is -2.64. The minimum atomic E-state index is -0.492. The lowest BCUT2D eigenvalue weighted by Crippen LogP contribution is -2.04. The first kappa shape index (κ1) is 17.2. The Morgan fingerprint density at radius 3 is 2.76 bits per heavy atom. The van der Waals surface area contributed by atoms with Gasteiger partial charge in [0.2, 0.25) is 0 Å². The third kappa shape index (κ3) is 3.72. The molecule has 0 radical (unpaired) electrons. The molecule has 3 rings (SSSR count). The second kappa shape index (κ2) is 7.50. The summed E-state index contributed by atoms with van der Waals surface area (Å²) in [5.74, 6) is 0.828. The van der Waals surface area contributed by atoms with E-state index in [-0.39, 0.29) is 18.9 Å². The fraction of sp³-hybridized carbons (Fsp3) is 0.176. The molecule has 2 aromatic carbocycles. The van der Waals surface area contributed by atoms with Crippen molar-refractivity contribution >= 4 is 34.0 Å². The minimum absolute atomic E-state index is 0.117. The van der Waals surface area contributed by atoms with Crippen LogP contribution in [0, 0.1) is 5.82 Å². The van der Waals surface area contributed by atoms with E-state index >= 15 is 0 Å². The molecule has 0 saturated carbocycles. The fourth-order valence-corrected chi connectivity index (χ4v) is 2.47. The van der Waals surface area contributed by atoms with Crippen LogP contribution in [0.2, 0.25) is 5.02 Å². The molecule has 0 spiro atoms. The molecular formula is C17H15ClFN3O3. The van der Waals surface area contributed by atoms with Crippen LogP contribution >= 0.6 is 11.6 Å². The summed E-state index contributed by atoms with van der Waals surface area (Å²) in [6, 6.07) is 7.70. The Labute approximate surface area is 148 Å². The predicted molar refractivity (Wildman–Crippen MR) is 93.4 cm³/mol. The van der Waals surface area contributed by atoms with E-state index in [1.807, 2.05) is 0 Å². The zero-order chi connectivity index (χ0) is 17.8. The lowest BCUT2D eigenvalue weighted by Gasteiger charge is -2.13. The Bertz CT molecular complexity index is 908. The van der Waals surface area contributed by atoms with Gasteiger partial charge in [-0.2, -0.15) is 0 Å². The Morgan fingerprint density at radius 2 is 2.04 bits per heavy atom. The van der Waals surface area contributed by atoms with E-state index in [9.17, 15) is 4.39 Å². The number of methoxy groups -OCH3 is 1. The van der Waals surface area contributed by atoms with Gasteiger partial charge in [-0.05, 0) is 24.3 Å². The highest BCUT2D eigenvalue weighted by molar-refractivity contribution is 6.30. The van der Waals surface area contributed by atoms with Crippen LogP contribution in [-0.2, 0) is 0 Å². The number of nitrogens with zero attached hydrogens (tertiary/aromatic N) is 2. The van der Waals surface area contributed by atoms with E-state index in [0.717, 1.165) is 0 Å². The predicted octanol–water partition coefficient (Wildman–Crippen LogP) is 3.55. The molecule has 0 saturated heterocycles. The summed E-state index contributed by atoms with van der Waals surface area (Å²) in [4.78, 5) is 8.37. The third-order valence-corrected chi connectivity index (χ3v) is 3.69. The van der Waals surface area contributed by atoms with Crippen molar-refractivity contribution in [1.82, 2.24) is 9.97 Å². The molecule has 0 aliphatic heterocycles.